The van der Waals surface area contributed by atoms with Gasteiger partial charge in [0.2, 0.25) is 21.8 Å². The number of benzene rings is 3. The number of hydrogen-bond acceptors (Lipinski definition) is 4. The first-order valence-corrected chi connectivity index (χ1v) is 15.0. The molecule has 0 saturated heterocycles. The van der Waals surface area contributed by atoms with E-state index in [0.29, 0.717) is 5.69 Å². The van der Waals surface area contributed by atoms with Gasteiger partial charge < -0.3 is 10.2 Å². The van der Waals surface area contributed by atoms with Gasteiger partial charge >= 0.3 is 0 Å². The summed E-state index contributed by atoms with van der Waals surface area (Å²) in [5.74, 6) is -0.774. The molecule has 0 saturated carbocycles. The summed E-state index contributed by atoms with van der Waals surface area (Å²) in [6, 6.07) is 22.9. The average Bonchev–Trinajstić information content (AvgIpc) is 2.85. The lowest BCUT2D eigenvalue weighted by atomic mass is 10.0. The molecule has 0 unspecified atom stereocenters. The molecule has 0 aliphatic heterocycles. The van der Waals surface area contributed by atoms with E-state index in [1.807, 2.05) is 75.4 Å². The number of nitrogens with one attached hydrogen (secondary N) is 1. The van der Waals surface area contributed by atoms with Crippen LogP contribution >= 0.6 is 15.9 Å². The molecule has 0 aliphatic rings. The highest BCUT2D eigenvalue weighted by atomic mass is 79.9. The van der Waals surface area contributed by atoms with Crippen LogP contribution in [0.15, 0.2) is 83.3 Å². The van der Waals surface area contributed by atoms with E-state index in [-0.39, 0.29) is 24.9 Å². The van der Waals surface area contributed by atoms with Gasteiger partial charge in [-0.3, -0.25) is 13.9 Å². The topological polar surface area (TPSA) is 86.8 Å². The molecule has 3 rings (SSSR count). The summed E-state index contributed by atoms with van der Waals surface area (Å²) in [5.41, 5.74) is 3.06. The van der Waals surface area contributed by atoms with Gasteiger partial charge in [0.15, 0.2) is 0 Å². The van der Waals surface area contributed by atoms with Gasteiger partial charge in [-0.2, -0.15) is 0 Å². The Morgan fingerprint density at radius 2 is 1.55 bits per heavy atom. The zero-order valence-corrected chi connectivity index (χ0v) is 24.5. The van der Waals surface area contributed by atoms with Crippen molar-refractivity contribution in [2.45, 2.75) is 45.8 Å². The Labute approximate surface area is 234 Å². The Morgan fingerprint density at radius 1 is 0.921 bits per heavy atom. The molecule has 3 aromatic rings. The highest BCUT2D eigenvalue weighted by Crippen LogP contribution is 2.22. The first kappa shape index (κ1) is 29.4. The molecule has 0 heterocycles. The van der Waals surface area contributed by atoms with Gasteiger partial charge in [0.1, 0.15) is 12.6 Å². The van der Waals surface area contributed by atoms with E-state index in [9.17, 15) is 18.0 Å². The van der Waals surface area contributed by atoms with Crippen molar-refractivity contribution in [3.8, 4) is 0 Å². The van der Waals surface area contributed by atoms with Crippen molar-refractivity contribution in [3.63, 3.8) is 0 Å². The third kappa shape index (κ3) is 8.43. The third-order valence-electron chi connectivity index (χ3n) is 5.95. The highest BCUT2D eigenvalue weighted by Gasteiger charge is 2.33. The van der Waals surface area contributed by atoms with Crippen LogP contribution < -0.4 is 9.62 Å². The third-order valence-corrected chi connectivity index (χ3v) is 7.58. The Balaban J connectivity index is 2.05. The van der Waals surface area contributed by atoms with E-state index in [4.69, 9.17) is 0 Å². The Hall–Kier alpha value is -3.17. The van der Waals surface area contributed by atoms with Gasteiger partial charge in [-0.05, 0) is 56.2 Å². The molecule has 1 atom stereocenters. The SMILES string of the molecule is Cc1ccc(N(CC(=O)N(Cc2cccc(Br)c2)[C@H](Cc2ccccc2)C(=O)NC(C)C)S(C)(=O)=O)cc1. The number of amides is 2. The first-order chi connectivity index (χ1) is 17.9. The van der Waals surface area contributed by atoms with Crippen LogP contribution in [-0.2, 0) is 32.6 Å². The maximum absolute atomic E-state index is 14.0. The summed E-state index contributed by atoms with van der Waals surface area (Å²) < 4.78 is 27.5. The van der Waals surface area contributed by atoms with Crippen molar-refractivity contribution < 1.29 is 18.0 Å². The monoisotopic (exact) mass is 599 g/mol. The fourth-order valence-corrected chi connectivity index (χ4v) is 5.39. The Kier molecular flexibility index (Phi) is 10.1. The maximum atomic E-state index is 14.0. The molecule has 3 aromatic carbocycles. The van der Waals surface area contributed by atoms with E-state index in [2.05, 4.69) is 21.2 Å². The lowest BCUT2D eigenvalue weighted by molar-refractivity contribution is -0.140. The molecule has 2 amide bonds. The number of rotatable bonds is 11. The number of halogens is 1. The molecule has 0 fully saturated rings. The number of hydrogen-bond donors (Lipinski definition) is 1. The van der Waals surface area contributed by atoms with E-state index in [0.717, 1.165) is 31.7 Å². The van der Waals surface area contributed by atoms with Gasteiger partial charge in [-0.15, -0.1) is 0 Å². The van der Waals surface area contributed by atoms with Gasteiger partial charge in [0, 0.05) is 23.5 Å². The van der Waals surface area contributed by atoms with Crippen LogP contribution in [0.3, 0.4) is 0 Å². The van der Waals surface area contributed by atoms with Gasteiger partial charge in [0.25, 0.3) is 0 Å². The highest BCUT2D eigenvalue weighted by molar-refractivity contribution is 9.10. The fraction of sp³-hybridized carbons (Fsp3) is 0.310. The number of sulfonamides is 1. The number of anilines is 1. The van der Waals surface area contributed by atoms with Crippen LogP contribution in [0.1, 0.15) is 30.5 Å². The zero-order chi connectivity index (χ0) is 27.9. The Bertz CT molecular complexity index is 1350. The predicted octanol–water partition coefficient (Wildman–Crippen LogP) is 4.69. The lowest BCUT2D eigenvalue weighted by Crippen LogP contribution is -2.54. The molecule has 0 radical (unpaired) electrons. The molecule has 0 spiro atoms. The van der Waals surface area contributed by atoms with Crippen LogP contribution in [0.5, 0.6) is 0 Å². The minimum atomic E-state index is -3.79. The van der Waals surface area contributed by atoms with Crippen molar-refractivity contribution in [2.24, 2.45) is 0 Å². The fourth-order valence-electron chi connectivity index (χ4n) is 4.09. The minimum Gasteiger partial charge on any atom is -0.352 e. The van der Waals surface area contributed by atoms with E-state index < -0.39 is 28.5 Å². The summed E-state index contributed by atoms with van der Waals surface area (Å²) in [6.07, 6.45) is 1.36. The second-order valence-corrected chi connectivity index (χ2v) is 12.4. The van der Waals surface area contributed by atoms with E-state index in [1.54, 1.807) is 24.3 Å². The molecular formula is C29H34BrN3O4S. The summed E-state index contributed by atoms with van der Waals surface area (Å²) in [7, 11) is -3.79. The number of aryl methyl sites for hydroxylation is 1. The second kappa shape index (κ2) is 13.1. The molecule has 0 aliphatic carbocycles. The van der Waals surface area contributed by atoms with E-state index >= 15 is 0 Å². The number of carbonyl (C=O) groups excluding carboxylic acids is 2. The zero-order valence-electron chi connectivity index (χ0n) is 22.1. The van der Waals surface area contributed by atoms with Crippen LogP contribution in [0.4, 0.5) is 5.69 Å². The van der Waals surface area contributed by atoms with Crippen molar-refractivity contribution in [1.82, 2.24) is 10.2 Å². The smallest absolute Gasteiger partial charge is 0.244 e. The average molecular weight is 601 g/mol. The first-order valence-electron chi connectivity index (χ1n) is 12.4. The lowest BCUT2D eigenvalue weighted by Gasteiger charge is -2.34. The molecule has 0 bridgehead atoms. The summed E-state index contributed by atoms with van der Waals surface area (Å²) in [6.45, 7) is 5.32. The van der Waals surface area contributed by atoms with Gasteiger partial charge in [-0.1, -0.05) is 76.1 Å². The van der Waals surface area contributed by atoms with Crippen LogP contribution in [0, 0.1) is 6.92 Å². The molecule has 9 heteroatoms. The van der Waals surface area contributed by atoms with E-state index in [1.165, 1.54) is 4.90 Å². The number of nitrogens with zero attached hydrogens (tertiary/aromatic N) is 2. The summed E-state index contributed by atoms with van der Waals surface area (Å²) in [4.78, 5) is 29.0. The van der Waals surface area contributed by atoms with Crippen molar-refractivity contribution in [2.75, 3.05) is 17.1 Å². The van der Waals surface area contributed by atoms with Crippen molar-refractivity contribution in [3.05, 3.63) is 100 Å². The van der Waals surface area contributed by atoms with Crippen molar-refractivity contribution >= 4 is 43.5 Å². The molecule has 7 nitrogen and oxygen atoms in total. The normalized spacial score (nSPS) is 12.2. The van der Waals surface area contributed by atoms with Crippen molar-refractivity contribution in [1.29, 1.82) is 0 Å². The molecular weight excluding hydrogens is 566 g/mol. The molecule has 0 aromatic heterocycles. The number of carbonyl (C=O) groups is 2. The van der Waals surface area contributed by atoms with Crippen LogP contribution in [0.2, 0.25) is 0 Å². The molecule has 1 N–H and O–H groups in total. The standard InChI is InChI=1S/C29H34BrN3O4S/c1-21(2)31-29(35)27(18-23-9-6-5-7-10-23)32(19-24-11-8-12-25(30)17-24)28(34)20-33(38(4,36)37)26-15-13-22(3)14-16-26/h5-17,21,27H,18-20H2,1-4H3,(H,31,35)/t27-/m1/s1. The van der Waals surface area contributed by atoms with Crippen LogP contribution in [0.25, 0.3) is 0 Å². The second-order valence-electron chi connectivity index (χ2n) is 9.63. The minimum absolute atomic E-state index is 0.132. The van der Waals surface area contributed by atoms with Gasteiger partial charge in [0.05, 0.1) is 11.9 Å². The maximum Gasteiger partial charge on any atom is 0.244 e. The molecule has 202 valence electrons. The van der Waals surface area contributed by atoms with Gasteiger partial charge in [-0.25, -0.2) is 8.42 Å². The molecule has 38 heavy (non-hydrogen) atoms. The largest absolute Gasteiger partial charge is 0.352 e. The summed E-state index contributed by atoms with van der Waals surface area (Å²) in [5, 5.41) is 2.94. The summed E-state index contributed by atoms with van der Waals surface area (Å²) >= 11 is 3.47. The quantitative estimate of drug-likeness (QED) is 0.346. The Morgan fingerprint density at radius 3 is 2.13 bits per heavy atom. The predicted molar refractivity (Wildman–Crippen MR) is 155 cm³/mol. The van der Waals surface area contributed by atoms with Crippen LogP contribution in [-0.4, -0.2) is 50.0 Å².